The number of carbonyl (C=O) groups is 1. The van der Waals surface area contributed by atoms with Gasteiger partial charge in [0.25, 0.3) is 0 Å². The van der Waals surface area contributed by atoms with E-state index in [1.54, 1.807) is 6.07 Å². The van der Waals surface area contributed by atoms with E-state index in [-0.39, 0.29) is 37.1 Å². The van der Waals surface area contributed by atoms with E-state index in [0.717, 1.165) is 6.07 Å². The number of halogens is 3. The summed E-state index contributed by atoms with van der Waals surface area (Å²) in [6.45, 7) is 0.645. The van der Waals surface area contributed by atoms with Crippen molar-refractivity contribution in [2.75, 3.05) is 19.6 Å². The van der Waals surface area contributed by atoms with Crippen LogP contribution >= 0.6 is 0 Å². The molecule has 0 spiro atoms. The van der Waals surface area contributed by atoms with Crippen LogP contribution in [0.4, 0.5) is 18.0 Å². The molecule has 1 saturated heterocycles. The van der Waals surface area contributed by atoms with Crippen molar-refractivity contribution < 1.29 is 18.0 Å². The molecule has 0 aliphatic carbocycles. The zero-order chi connectivity index (χ0) is 14.8. The highest BCUT2D eigenvalue weighted by Gasteiger charge is 2.39. The van der Waals surface area contributed by atoms with Gasteiger partial charge in [0.15, 0.2) is 0 Å². The molecule has 0 atom stereocenters. The number of likely N-dealkylation sites (tertiary alicyclic amines) is 1. The van der Waals surface area contributed by atoms with Crippen LogP contribution in [0.15, 0.2) is 24.3 Å². The number of hydrogen-bond donors (Lipinski definition) is 1. The molecule has 1 fully saturated rings. The van der Waals surface area contributed by atoms with E-state index in [1.165, 1.54) is 17.0 Å². The summed E-state index contributed by atoms with van der Waals surface area (Å²) in [6, 6.07) is 5.12. The number of benzene rings is 1. The van der Waals surface area contributed by atoms with Crippen molar-refractivity contribution in [1.82, 2.24) is 10.2 Å². The summed E-state index contributed by atoms with van der Waals surface area (Å²) < 4.78 is 38.6. The number of nitrogens with one attached hydrogen (secondary N) is 1. The quantitative estimate of drug-likeness (QED) is 0.830. The highest BCUT2D eigenvalue weighted by molar-refractivity contribution is 5.75. The van der Waals surface area contributed by atoms with Gasteiger partial charge in [0.2, 0.25) is 0 Å². The first kappa shape index (κ1) is 14.3. The van der Waals surface area contributed by atoms with Gasteiger partial charge in [0.1, 0.15) is 0 Å². The van der Waals surface area contributed by atoms with Crippen molar-refractivity contribution in [2.24, 2.45) is 0 Å². The number of rotatable bonds is 2. The molecule has 1 aliphatic heterocycles. The van der Waals surface area contributed by atoms with E-state index < -0.39 is 11.7 Å². The predicted octanol–water partition coefficient (Wildman–Crippen LogP) is 2.45. The molecule has 1 aliphatic rings. The molecule has 1 heterocycles. The Labute approximate surface area is 114 Å². The van der Waals surface area contributed by atoms with Gasteiger partial charge in [0.05, 0.1) is 12.1 Å². The van der Waals surface area contributed by atoms with Crippen molar-refractivity contribution in [1.29, 1.82) is 0 Å². The summed E-state index contributed by atoms with van der Waals surface area (Å²) in [4.78, 5) is 13.0. The lowest BCUT2D eigenvalue weighted by molar-refractivity contribution is -0.138. The average molecular weight is 282 g/mol. The van der Waals surface area contributed by atoms with Gasteiger partial charge in [0, 0.05) is 19.0 Å². The Hall–Kier alpha value is -2.16. The Kier molecular flexibility index (Phi) is 3.89. The van der Waals surface area contributed by atoms with Crippen molar-refractivity contribution in [3.63, 3.8) is 0 Å². The van der Waals surface area contributed by atoms with Crippen LogP contribution in [0.2, 0.25) is 0 Å². The average Bonchev–Trinajstić information content (AvgIpc) is 2.34. The Morgan fingerprint density at radius 2 is 2.05 bits per heavy atom. The van der Waals surface area contributed by atoms with Gasteiger partial charge in [-0.15, -0.1) is 6.42 Å². The van der Waals surface area contributed by atoms with E-state index >= 15 is 0 Å². The second-order valence-corrected chi connectivity index (χ2v) is 4.55. The monoisotopic (exact) mass is 282 g/mol. The van der Waals surface area contributed by atoms with Crippen LogP contribution in [0, 0.1) is 12.3 Å². The van der Waals surface area contributed by atoms with E-state index in [1.807, 2.05) is 0 Å². The Morgan fingerprint density at radius 1 is 1.40 bits per heavy atom. The largest absolute Gasteiger partial charge is 0.416 e. The maximum Gasteiger partial charge on any atom is 0.416 e. The number of hydrogen-bond acceptors (Lipinski definition) is 1. The molecule has 0 bridgehead atoms. The topological polar surface area (TPSA) is 32.3 Å². The first-order valence-electron chi connectivity index (χ1n) is 6.06. The first-order chi connectivity index (χ1) is 9.43. The molecular formula is C14H13F3N2O. The lowest BCUT2D eigenvalue weighted by Crippen LogP contribution is -2.52. The molecule has 0 radical (unpaired) electrons. The SMILES string of the molecule is C#CCNC(=O)N1CC(c2ccccc2C(F)(F)F)C1. The van der Waals surface area contributed by atoms with Crippen LogP contribution in [0.3, 0.4) is 0 Å². The minimum absolute atomic E-state index is 0.110. The number of nitrogens with zero attached hydrogens (tertiary/aromatic N) is 1. The molecule has 1 aromatic carbocycles. The van der Waals surface area contributed by atoms with Crippen LogP contribution < -0.4 is 5.32 Å². The Morgan fingerprint density at radius 3 is 2.65 bits per heavy atom. The molecule has 0 unspecified atom stereocenters. The van der Waals surface area contributed by atoms with Crippen LogP contribution in [-0.4, -0.2) is 30.6 Å². The molecule has 3 nitrogen and oxygen atoms in total. The highest BCUT2D eigenvalue weighted by atomic mass is 19.4. The summed E-state index contributed by atoms with van der Waals surface area (Å²) in [7, 11) is 0. The molecule has 1 aromatic rings. The lowest BCUT2D eigenvalue weighted by Gasteiger charge is -2.40. The zero-order valence-corrected chi connectivity index (χ0v) is 10.6. The molecular weight excluding hydrogens is 269 g/mol. The zero-order valence-electron chi connectivity index (χ0n) is 10.6. The van der Waals surface area contributed by atoms with Crippen molar-refractivity contribution in [3.05, 3.63) is 35.4 Å². The number of terminal acetylenes is 1. The minimum Gasteiger partial charge on any atom is -0.327 e. The smallest absolute Gasteiger partial charge is 0.327 e. The van der Waals surface area contributed by atoms with Gasteiger partial charge >= 0.3 is 12.2 Å². The number of urea groups is 1. The third-order valence-corrected chi connectivity index (χ3v) is 3.22. The van der Waals surface area contributed by atoms with Crippen LogP contribution in [0.5, 0.6) is 0 Å². The summed E-state index contributed by atoms with van der Waals surface area (Å²) in [5, 5.41) is 2.48. The van der Waals surface area contributed by atoms with Crippen molar-refractivity contribution >= 4 is 6.03 Å². The second-order valence-electron chi connectivity index (χ2n) is 4.55. The lowest BCUT2D eigenvalue weighted by atomic mass is 9.88. The molecule has 20 heavy (non-hydrogen) atoms. The maximum atomic E-state index is 12.9. The molecule has 0 aromatic heterocycles. The fourth-order valence-corrected chi connectivity index (χ4v) is 2.19. The standard InChI is InChI=1S/C14H13F3N2O/c1-2-7-18-13(20)19-8-10(9-19)11-5-3-4-6-12(11)14(15,16)17/h1,3-6,10H,7-9H2,(H,18,20). The van der Waals surface area contributed by atoms with Gasteiger partial charge < -0.3 is 10.2 Å². The fourth-order valence-electron chi connectivity index (χ4n) is 2.19. The van der Waals surface area contributed by atoms with Crippen LogP contribution in [0.1, 0.15) is 17.0 Å². The molecule has 2 amide bonds. The third-order valence-electron chi connectivity index (χ3n) is 3.22. The normalized spacial score (nSPS) is 15.4. The van der Waals surface area contributed by atoms with Gasteiger partial charge in [-0.05, 0) is 11.6 Å². The maximum absolute atomic E-state index is 12.9. The summed E-state index contributed by atoms with van der Waals surface area (Å²) in [5.74, 6) is 1.98. The van der Waals surface area contributed by atoms with Gasteiger partial charge in [-0.2, -0.15) is 13.2 Å². The molecule has 1 N–H and O–H groups in total. The van der Waals surface area contributed by atoms with Crippen LogP contribution in [0.25, 0.3) is 0 Å². The van der Waals surface area contributed by atoms with Gasteiger partial charge in [-0.25, -0.2) is 4.79 Å². The number of carbonyl (C=O) groups excluding carboxylic acids is 1. The third kappa shape index (κ3) is 2.87. The molecule has 0 saturated carbocycles. The molecule has 2 rings (SSSR count). The highest BCUT2D eigenvalue weighted by Crippen LogP contribution is 2.38. The van der Waals surface area contributed by atoms with Crippen LogP contribution in [-0.2, 0) is 6.18 Å². The van der Waals surface area contributed by atoms with E-state index in [2.05, 4.69) is 11.2 Å². The number of alkyl halides is 3. The summed E-state index contributed by atoms with van der Waals surface area (Å²) in [5.41, 5.74) is -0.394. The van der Waals surface area contributed by atoms with Gasteiger partial charge in [-0.1, -0.05) is 24.1 Å². The van der Waals surface area contributed by atoms with Gasteiger partial charge in [-0.3, -0.25) is 0 Å². The van der Waals surface area contributed by atoms with Crippen molar-refractivity contribution in [3.8, 4) is 12.3 Å². The van der Waals surface area contributed by atoms with Crippen molar-refractivity contribution in [2.45, 2.75) is 12.1 Å². The molecule has 106 valence electrons. The fraction of sp³-hybridized carbons (Fsp3) is 0.357. The first-order valence-corrected chi connectivity index (χ1v) is 6.06. The second kappa shape index (κ2) is 5.45. The molecule has 6 heteroatoms. The van der Waals surface area contributed by atoms with E-state index in [4.69, 9.17) is 6.42 Å². The summed E-state index contributed by atoms with van der Waals surface area (Å²) in [6.07, 6.45) is 0.642. The number of amides is 2. The van der Waals surface area contributed by atoms with E-state index in [0.29, 0.717) is 0 Å². The predicted molar refractivity (Wildman–Crippen MR) is 68.0 cm³/mol. The summed E-state index contributed by atoms with van der Waals surface area (Å²) >= 11 is 0. The Balaban J connectivity index is 2.03. The minimum atomic E-state index is -4.37. The van der Waals surface area contributed by atoms with E-state index in [9.17, 15) is 18.0 Å². The Bertz CT molecular complexity index is 542.